The summed E-state index contributed by atoms with van der Waals surface area (Å²) in [5.41, 5.74) is 0.773. The molecule has 0 aromatic heterocycles. The molecule has 4 heteroatoms. The van der Waals surface area contributed by atoms with Crippen LogP contribution in [0.4, 0.5) is 0 Å². The number of phenols is 2. The van der Waals surface area contributed by atoms with Crippen molar-refractivity contribution in [1.29, 1.82) is 0 Å². The minimum absolute atomic E-state index is 0.0446. The minimum Gasteiger partial charge on any atom is -0.508 e. The predicted octanol–water partition coefficient (Wildman–Crippen LogP) is 3.56. The van der Waals surface area contributed by atoms with Gasteiger partial charge in [-0.25, -0.2) is 4.79 Å². The van der Waals surface area contributed by atoms with Crippen molar-refractivity contribution in [3.8, 4) is 11.5 Å². The molecule has 110 valence electrons. The molecule has 0 atom stereocenters. The van der Waals surface area contributed by atoms with Crippen molar-refractivity contribution in [2.45, 2.75) is 38.5 Å². The minimum atomic E-state index is -0.579. The number of aromatic hydroxyl groups is 2. The number of esters is 1. The van der Waals surface area contributed by atoms with Crippen LogP contribution in [0.1, 0.15) is 48.0 Å². The molecule has 0 radical (unpaired) electrons. The maximum atomic E-state index is 11.7. The van der Waals surface area contributed by atoms with Gasteiger partial charge in [0.15, 0.2) is 0 Å². The normalized spacial score (nSPS) is 10.2. The first-order valence-electron chi connectivity index (χ1n) is 6.84. The van der Waals surface area contributed by atoms with E-state index in [1.54, 1.807) is 0 Å². The maximum Gasteiger partial charge on any atom is 0.341 e. The van der Waals surface area contributed by atoms with Crippen molar-refractivity contribution in [2.24, 2.45) is 0 Å². The third kappa shape index (κ3) is 4.61. The molecule has 2 N–H and O–H groups in total. The molecule has 0 unspecified atom stereocenters. The molecule has 1 aromatic carbocycles. The first-order chi connectivity index (χ1) is 9.60. The van der Waals surface area contributed by atoms with Gasteiger partial charge in [0, 0.05) is 6.07 Å². The molecule has 0 spiro atoms. The molecule has 0 amide bonds. The van der Waals surface area contributed by atoms with Crippen molar-refractivity contribution in [3.63, 3.8) is 0 Å². The second-order valence-corrected chi connectivity index (χ2v) is 4.73. The Bertz CT molecular complexity index is 466. The monoisotopic (exact) mass is 278 g/mol. The van der Waals surface area contributed by atoms with Crippen LogP contribution in [0.15, 0.2) is 24.8 Å². The van der Waals surface area contributed by atoms with Crippen LogP contribution in [0.25, 0.3) is 0 Å². The molecule has 20 heavy (non-hydrogen) atoms. The van der Waals surface area contributed by atoms with Gasteiger partial charge < -0.3 is 14.9 Å². The zero-order valence-electron chi connectivity index (χ0n) is 11.9. The molecule has 0 fully saturated rings. The van der Waals surface area contributed by atoms with Gasteiger partial charge in [-0.05, 0) is 37.3 Å². The van der Waals surface area contributed by atoms with Gasteiger partial charge >= 0.3 is 5.97 Å². The number of benzene rings is 1. The van der Waals surface area contributed by atoms with Crippen LogP contribution in [0.3, 0.4) is 0 Å². The summed E-state index contributed by atoms with van der Waals surface area (Å²) in [4.78, 5) is 11.7. The Balaban J connectivity index is 2.68. The Morgan fingerprint density at radius 1 is 1.25 bits per heavy atom. The zero-order chi connectivity index (χ0) is 15.0. The van der Waals surface area contributed by atoms with Gasteiger partial charge in [0.25, 0.3) is 0 Å². The largest absolute Gasteiger partial charge is 0.508 e. The number of carbonyl (C=O) groups is 1. The third-order valence-corrected chi connectivity index (χ3v) is 3.18. The lowest BCUT2D eigenvalue weighted by atomic mass is 9.99. The number of ether oxygens (including phenoxy) is 1. The van der Waals surface area contributed by atoms with E-state index in [-0.39, 0.29) is 17.1 Å². The highest BCUT2D eigenvalue weighted by atomic mass is 16.5. The SMILES string of the molecule is C=CCCCCCCc1cc(O)cc(O)c1C(=O)OC. The van der Waals surface area contributed by atoms with Crippen LogP contribution < -0.4 is 0 Å². The molecule has 0 saturated carbocycles. The third-order valence-electron chi connectivity index (χ3n) is 3.18. The van der Waals surface area contributed by atoms with Gasteiger partial charge in [-0.15, -0.1) is 6.58 Å². The highest BCUT2D eigenvalue weighted by Gasteiger charge is 2.18. The number of aryl methyl sites for hydroxylation is 1. The van der Waals surface area contributed by atoms with Gasteiger partial charge in [0.05, 0.1) is 7.11 Å². The summed E-state index contributed by atoms with van der Waals surface area (Å²) in [7, 11) is 1.27. The fourth-order valence-corrected chi connectivity index (χ4v) is 2.16. The molecular formula is C16H22O4. The highest BCUT2D eigenvalue weighted by molar-refractivity contribution is 5.94. The predicted molar refractivity (Wildman–Crippen MR) is 78.1 cm³/mol. The average Bonchev–Trinajstić information content (AvgIpc) is 2.41. The van der Waals surface area contributed by atoms with E-state index in [4.69, 9.17) is 0 Å². The molecule has 0 aliphatic rings. The second kappa shape index (κ2) is 8.25. The lowest BCUT2D eigenvalue weighted by molar-refractivity contribution is 0.0596. The number of unbranched alkanes of at least 4 members (excludes halogenated alkanes) is 4. The van der Waals surface area contributed by atoms with Gasteiger partial charge in [0.1, 0.15) is 17.1 Å². The van der Waals surface area contributed by atoms with Crippen molar-refractivity contribution in [1.82, 2.24) is 0 Å². The number of allylic oxidation sites excluding steroid dienone is 1. The quantitative estimate of drug-likeness (QED) is 0.433. The smallest absolute Gasteiger partial charge is 0.341 e. The number of hydrogen-bond donors (Lipinski definition) is 2. The average molecular weight is 278 g/mol. The fraction of sp³-hybridized carbons (Fsp3) is 0.438. The summed E-state index contributed by atoms with van der Waals surface area (Å²) in [5, 5.41) is 19.3. The van der Waals surface area contributed by atoms with Crippen molar-refractivity contribution in [2.75, 3.05) is 7.11 Å². The Kier molecular flexibility index (Phi) is 6.64. The molecular weight excluding hydrogens is 256 g/mol. The molecule has 4 nitrogen and oxygen atoms in total. The first-order valence-corrected chi connectivity index (χ1v) is 6.84. The van der Waals surface area contributed by atoms with Crippen LogP contribution in [0, 0.1) is 0 Å². The molecule has 0 bridgehead atoms. The van der Waals surface area contributed by atoms with E-state index in [9.17, 15) is 15.0 Å². The van der Waals surface area contributed by atoms with E-state index in [1.165, 1.54) is 13.2 Å². The summed E-state index contributed by atoms with van der Waals surface area (Å²) >= 11 is 0. The Hall–Kier alpha value is -1.97. The van der Waals surface area contributed by atoms with Gasteiger partial charge in [0.2, 0.25) is 0 Å². The summed E-state index contributed by atoms with van der Waals surface area (Å²) in [6.07, 6.45) is 7.68. The van der Waals surface area contributed by atoms with Gasteiger partial charge in [-0.1, -0.05) is 18.9 Å². The fourth-order valence-electron chi connectivity index (χ4n) is 2.16. The molecule has 1 aromatic rings. The van der Waals surface area contributed by atoms with E-state index in [0.717, 1.165) is 38.2 Å². The molecule has 0 saturated heterocycles. The van der Waals surface area contributed by atoms with Crippen LogP contribution in [-0.4, -0.2) is 23.3 Å². The molecule has 0 aliphatic heterocycles. The van der Waals surface area contributed by atoms with Crippen molar-refractivity contribution < 1.29 is 19.7 Å². The van der Waals surface area contributed by atoms with Crippen molar-refractivity contribution in [3.05, 3.63) is 35.9 Å². The Morgan fingerprint density at radius 2 is 1.95 bits per heavy atom. The second-order valence-electron chi connectivity index (χ2n) is 4.73. The van der Waals surface area contributed by atoms with E-state index in [1.807, 2.05) is 6.08 Å². The number of hydrogen-bond acceptors (Lipinski definition) is 4. The number of phenolic OH excluding ortho intramolecular Hbond substituents is 2. The maximum absolute atomic E-state index is 11.7. The van der Waals surface area contributed by atoms with Crippen molar-refractivity contribution >= 4 is 5.97 Å². The van der Waals surface area contributed by atoms with Gasteiger partial charge in [-0.3, -0.25) is 0 Å². The van der Waals surface area contributed by atoms with E-state index < -0.39 is 5.97 Å². The van der Waals surface area contributed by atoms with Gasteiger partial charge in [-0.2, -0.15) is 0 Å². The number of methoxy groups -OCH3 is 1. The molecule has 0 aliphatic carbocycles. The Labute approximate surface area is 119 Å². The van der Waals surface area contributed by atoms with Crippen LogP contribution in [0.2, 0.25) is 0 Å². The lowest BCUT2D eigenvalue weighted by Gasteiger charge is -2.10. The number of rotatable bonds is 8. The standard InChI is InChI=1S/C16H22O4/c1-3-4-5-6-7-8-9-12-10-13(17)11-14(18)15(12)16(19)20-2/h3,10-11,17-18H,1,4-9H2,2H3. The molecule has 0 heterocycles. The van der Waals surface area contributed by atoms with E-state index in [0.29, 0.717) is 12.0 Å². The lowest BCUT2D eigenvalue weighted by Crippen LogP contribution is -2.06. The topological polar surface area (TPSA) is 66.8 Å². The summed E-state index contributed by atoms with van der Waals surface area (Å²) in [5.74, 6) is -0.862. The summed E-state index contributed by atoms with van der Waals surface area (Å²) < 4.78 is 4.67. The van der Waals surface area contributed by atoms with Crippen LogP contribution in [-0.2, 0) is 11.2 Å². The van der Waals surface area contributed by atoms with Crippen LogP contribution >= 0.6 is 0 Å². The summed E-state index contributed by atoms with van der Waals surface area (Å²) in [6.45, 7) is 3.68. The molecule has 1 rings (SSSR count). The van der Waals surface area contributed by atoms with E-state index >= 15 is 0 Å². The summed E-state index contributed by atoms with van der Waals surface area (Å²) in [6, 6.07) is 2.66. The van der Waals surface area contributed by atoms with E-state index in [2.05, 4.69) is 11.3 Å². The highest BCUT2D eigenvalue weighted by Crippen LogP contribution is 2.29. The number of carbonyl (C=O) groups excluding carboxylic acids is 1. The Morgan fingerprint density at radius 3 is 2.60 bits per heavy atom. The van der Waals surface area contributed by atoms with Crippen LogP contribution in [0.5, 0.6) is 11.5 Å². The first kappa shape index (κ1) is 16.1. The zero-order valence-corrected chi connectivity index (χ0v) is 11.9.